The molecule has 3 rings (SSSR count). The molecule has 0 aromatic heterocycles. The molecule has 1 aromatic rings. The molecular formula is C20H26FNO3. The molecule has 2 aliphatic rings. The van der Waals surface area contributed by atoms with Gasteiger partial charge in [0.15, 0.2) is 0 Å². The first kappa shape index (κ1) is 17.9. The fraction of sp³-hybridized carbons (Fsp3) is 0.600. The van der Waals surface area contributed by atoms with Crippen molar-refractivity contribution in [3.63, 3.8) is 0 Å². The van der Waals surface area contributed by atoms with E-state index in [9.17, 15) is 14.0 Å². The summed E-state index contributed by atoms with van der Waals surface area (Å²) in [4.78, 5) is 26.5. The van der Waals surface area contributed by atoms with E-state index in [4.69, 9.17) is 4.74 Å². The molecule has 0 spiro atoms. The third kappa shape index (κ3) is 3.29. The SMILES string of the molecule is CC1CCCC(OC(=O)N2Cc3ccc(CF)cc3C2=O)(C(C)C)C1. The highest BCUT2D eigenvalue weighted by atomic mass is 19.1. The highest BCUT2D eigenvalue weighted by molar-refractivity contribution is 6.06. The summed E-state index contributed by atoms with van der Waals surface area (Å²) < 4.78 is 18.8. The Morgan fingerprint density at radius 3 is 2.84 bits per heavy atom. The molecule has 136 valence electrons. The van der Waals surface area contributed by atoms with Crippen LogP contribution in [0, 0.1) is 11.8 Å². The Balaban J connectivity index is 1.78. The summed E-state index contributed by atoms with van der Waals surface area (Å²) in [6, 6.07) is 4.90. The number of alkyl halides is 1. The van der Waals surface area contributed by atoms with Gasteiger partial charge in [-0.2, -0.15) is 0 Å². The number of fused-ring (bicyclic) bond motifs is 1. The number of carbonyl (C=O) groups is 2. The van der Waals surface area contributed by atoms with Crippen LogP contribution >= 0.6 is 0 Å². The minimum absolute atomic E-state index is 0.192. The van der Waals surface area contributed by atoms with E-state index in [2.05, 4.69) is 20.8 Å². The molecule has 4 nitrogen and oxygen atoms in total. The number of halogens is 1. The number of rotatable bonds is 3. The second-order valence-electron chi connectivity index (χ2n) is 7.81. The zero-order valence-electron chi connectivity index (χ0n) is 15.2. The van der Waals surface area contributed by atoms with E-state index in [1.807, 2.05) is 0 Å². The lowest BCUT2D eigenvalue weighted by Crippen LogP contribution is -2.47. The van der Waals surface area contributed by atoms with E-state index in [1.165, 1.54) is 6.07 Å². The van der Waals surface area contributed by atoms with Crippen molar-refractivity contribution in [2.45, 2.75) is 65.3 Å². The zero-order valence-corrected chi connectivity index (χ0v) is 15.2. The molecule has 1 aromatic carbocycles. The molecule has 2 atom stereocenters. The summed E-state index contributed by atoms with van der Waals surface area (Å²) >= 11 is 0. The van der Waals surface area contributed by atoms with Crippen LogP contribution in [0.3, 0.4) is 0 Å². The Morgan fingerprint density at radius 1 is 1.44 bits per heavy atom. The molecule has 2 amide bonds. The first-order valence-electron chi connectivity index (χ1n) is 9.09. The average molecular weight is 347 g/mol. The van der Waals surface area contributed by atoms with Crippen molar-refractivity contribution in [2.24, 2.45) is 11.8 Å². The van der Waals surface area contributed by atoms with Crippen LogP contribution in [0.15, 0.2) is 18.2 Å². The molecule has 1 heterocycles. The van der Waals surface area contributed by atoms with Crippen LogP contribution in [0.25, 0.3) is 0 Å². The fourth-order valence-corrected chi connectivity index (χ4v) is 4.09. The minimum Gasteiger partial charge on any atom is -0.442 e. The van der Waals surface area contributed by atoms with E-state index < -0.39 is 24.3 Å². The van der Waals surface area contributed by atoms with Crippen LogP contribution in [-0.2, 0) is 18.0 Å². The summed E-state index contributed by atoms with van der Waals surface area (Å²) in [5.74, 6) is 0.304. The number of amides is 2. The summed E-state index contributed by atoms with van der Waals surface area (Å²) in [6.45, 7) is 5.89. The standard InChI is InChI=1S/C20H26FNO3/c1-13(2)20(8-4-5-14(3)10-20)25-19(24)22-12-16-7-6-15(11-21)9-17(16)18(22)23/h6-7,9,13-14H,4-5,8,10-12H2,1-3H3. The van der Waals surface area contributed by atoms with Crippen molar-refractivity contribution in [1.82, 2.24) is 4.90 Å². The van der Waals surface area contributed by atoms with Gasteiger partial charge in [-0.05, 0) is 48.3 Å². The molecule has 0 saturated heterocycles. The molecule has 1 saturated carbocycles. The topological polar surface area (TPSA) is 46.6 Å². The van der Waals surface area contributed by atoms with E-state index in [0.717, 1.165) is 36.1 Å². The van der Waals surface area contributed by atoms with Gasteiger partial charge in [0.2, 0.25) is 0 Å². The predicted molar refractivity (Wildman–Crippen MR) is 92.8 cm³/mol. The quantitative estimate of drug-likeness (QED) is 0.785. The van der Waals surface area contributed by atoms with E-state index >= 15 is 0 Å². The smallest absolute Gasteiger partial charge is 0.417 e. The van der Waals surface area contributed by atoms with Crippen molar-refractivity contribution in [3.8, 4) is 0 Å². The first-order chi connectivity index (χ1) is 11.9. The van der Waals surface area contributed by atoms with Gasteiger partial charge in [-0.3, -0.25) is 4.79 Å². The first-order valence-corrected chi connectivity index (χ1v) is 9.09. The van der Waals surface area contributed by atoms with Gasteiger partial charge in [-0.1, -0.05) is 39.3 Å². The van der Waals surface area contributed by atoms with Crippen molar-refractivity contribution < 1.29 is 18.7 Å². The second-order valence-corrected chi connectivity index (χ2v) is 7.81. The molecule has 25 heavy (non-hydrogen) atoms. The van der Waals surface area contributed by atoms with Crippen molar-refractivity contribution >= 4 is 12.0 Å². The van der Waals surface area contributed by atoms with Gasteiger partial charge in [0.25, 0.3) is 5.91 Å². The van der Waals surface area contributed by atoms with Gasteiger partial charge in [0.1, 0.15) is 12.3 Å². The molecule has 1 aliphatic carbocycles. The number of benzene rings is 1. The van der Waals surface area contributed by atoms with Crippen molar-refractivity contribution in [1.29, 1.82) is 0 Å². The van der Waals surface area contributed by atoms with Gasteiger partial charge in [-0.25, -0.2) is 14.1 Å². The van der Waals surface area contributed by atoms with Gasteiger partial charge < -0.3 is 4.74 Å². The maximum atomic E-state index is 12.8. The lowest BCUT2D eigenvalue weighted by molar-refractivity contribution is -0.0720. The number of ether oxygens (including phenoxy) is 1. The van der Waals surface area contributed by atoms with Crippen LogP contribution in [0.4, 0.5) is 9.18 Å². The minimum atomic E-state index is -0.626. The van der Waals surface area contributed by atoms with Crippen molar-refractivity contribution in [2.75, 3.05) is 0 Å². The Morgan fingerprint density at radius 2 is 2.20 bits per heavy atom. The molecule has 2 unspecified atom stereocenters. The van der Waals surface area contributed by atoms with Crippen LogP contribution in [0.1, 0.15) is 67.9 Å². The van der Waals surface area contributed by atoms with E-state index in [0.29, 0.717) is 17.0 Å². The summed E-state index contributed by atoms with van der Waals surface area (Å²) in [6.07, 6.45) is 3.26. The normalized spacial score (nSPS) is 26.0. The Bertz CT molecular complexity index is 688. The Hall–Kier alpha value is -1.91. The van der Waals surface area contributed by atoms with Gasteiger partial charge in [0.05, 0.1) is 6.54 Å². The molecule has 1 aliphatic heterocycles. The van der Waals surface area contributed by atoms with Crippen LogP contribution in [0.5, 0.6) is 0 Å². The summed E-state index contributed by atoms with van der Waals surface area (Å²) in [5.41, 5.74) is 1.09. The van der Waals surface area contributed by atoms with Gasteiger partial charge in [0, 0.05) is 5.56 Å². The second kappa shape index (κ2) is 6.77. The number of imide groups is 1. The van der Waals surface area contributed by atoms with Crippen LogP contribution < -0.4 is 0 Å². The van der Waals surface area contributed by atoms with Crippen LogP contribution in [-0.4, -0.2) is 22.5 Å². The number of hydrogen-bond donors (Lipinski definition) is 0. The molecule has 1 fully saturated rings. The van der Waals surface area contributed by atoms with Gasteiger partial charge >= 0.3 is 6.09 Å². The molecule has 0 radical (unpaired) electrons. The number of nitrogens with zero attached hydrogens (tertiary/aromatic N) is 1. The third-order valence-electron chi connectivity index (χ3n) is 5.69. The number of hydrogen-bond acceptors (Lipinski definition) is 3. The van der Waals surface area contributed by atoms with Crippen LogP contribution in [0.2, 0.25) is 0 Å². The lowest BCUT2D eigenvalue weighted by Gasteiger charge is -2.43. The monoisotopic (exact) mass is 347 g/mol. The molecule has 0 bridgehead atoms. The van der Waals surface area contributed by atoms with Gasteiger partial charge in [-0.15, -0.1) is 0 Å². The lowest BCUT2D eigenvalue weighted by atomic mass is 9.73. The van der Waals surface area contributed by atoms with Crippen molar-refractivity contribution in [3.05, 3.63) is 34.9 Å². The zero-order chi connectivity index (χ0) is 18.2. The largest absolute Gasteiger partial charge is 0.442 e. The summed E-state index contributed by atoms with van der Waals surface area (Å²) in [5, 5.41) is 0. The predicted octanol–water partition coefficient (Wildman–Crippen LogP) is 4.85. The molecule has 0 N–H and O–H groups in total. The molecule has 5 heteroatoms. The Labute approximate surface area is 148 Å². The maximum Gasteiger partial charge on any atom is 0.417 e. The maximum absolute atomic E-state index is 12.8. The Kier molecular flexibility index (Phi) is 4.85. The average Bonchev–Trinajstić information content (AvgIpc) is 2.91. The third-order valence-corrected chi connectivity index (χ3v) is 5.69. The van der Waals surface area contributed by atoms with E-state index in [-0.39, 0.29) is 12.5 Å². The van der Waals surface area contributed by atoms with E-state index in [1.54, 1.807) is 12.1 Å². The summed E-state index contributed by atoms with van der Waals surface area (Å²) in [7, 11) is 0. The highest BCUT2D eigenvalue weighted by Gasteiger charge is 2.44. The highest BCUT2D eigenvalue weighted by Crippen LogP contribution is 2.41. The number of carbonyl (C=O) groups excluding carboxylic acids is 2. The molecular weight excluding hydrogens is 321 g/mol. The fourth-order valence-electron chi connectivity index (χ4n) is 4.09.